The van der Waals surface area contributed by atoms with Gasteiger partial charge >= 0.3 is 5.97 Å². The van der Waals surface area contributed by atoms with Gasteiger partial charge in [0, 0.05) is 12.5 Å². The Morgan fingerprint density at radius 3 is 2.61 bits per heavy atom. The van der Waals surface area contributed by atoms with Gasteiger partial charge in [0.05, 0.1) is 6.04 Å². The molecule has 2 atom stereocenters. The van der Waals surface area contributed by atoms with Crippen LogP contribution in [-0.2, 0) is 14.3 Å². The first kappa shape index (κ1) is 16.4. The molecular weight excluding hydrogens is 234 g/mol. The highest BCUT2D eigenvalue weighted by molar-refractivity contribution is 5.86. The molecule has 1 N–H and O–H groups in total. The molecule has 0 fully saturated rings. The lowest BCUT2D eigenvalue weighted by Gasteiger charge is -2.24. The molecule has 1 rings (SSSR count). The minimum Gasteiger partial charge on any atom is -0.478 e. The minimum atomic E-state index is -0.866. The molecule has 0 heterocycles. The topological polar surface area (TPSA) is 76.0 Å². The Kier molecular flexibility index (Phi) is 7.67. The van der Waals surface area contributed by atoms with Crippen LogP contribution < -0.4 is 0 Å². The van der Waals surface area contributed by atoms with Crippen LogP contribution >= 0.6 is 0 Å². The molecule has 1 aliphatic carbocycles. The van der Waals surface area contributed by atoms with E-state index in [4.69, 9.17) is 5.11 Å². The Morgan fingerprint density at radius 2 is 2.17 bits per heavy atom. The predicted octanol–water partition coefficient (Wildman–Crippen LogP) is 2.41. The van der Waals surface area contributed by atoms with Crippen LogP contribution in [0.5, 0.6) is 0 Å². The lowest BCUT2D eigenvalue weighted by molar-refractivity contribution is -0.133. The summed E-state index contributed by atoms with van der Waals surface area (Å²) in [5.41, 5.74) is 0.438. The Balaban J connectivity index is 0.00000137. The van der Waals surface area contributed by atoms with Gasteiger partial charge in [-0.1, -0.05) is 26.8 Å². The molecule has 0 saturated heterocycles. The highest BCUT2D eigenvalue weighted by Gasteiger charge is 2.24. The van der Waals surface area contributed by atoms with Crippen molar-refractivity contribution in [1.82, 2.24) is 0 Å². The first-order chi connectivity index (χ1) is 8.54. The largest absolute Gasteiger partial charge is 0.478 e. The van der Waals surface area contributed by atoms with Crippen LogP contribution in [0.15, 0.2) is 16.6 Å². The van der Waals surface area contributed by atoms with E-state index in [9.17, 15) is 9.59 Å². The minimum absolute atomic E-state index is 0.0111. The van der Waals surface area contributed by atoms with E-state index >= 15 is 0 Å². The number of aliphatic carboxylic acids is 1. The van der Waals surface area contributed by atoms with Gasteiger partial charge in [0.2, 0.25) is 0 Å². The van der Waals surface area contributed by atoms with Crippen molar-refractivity contribution >= 4 is 18.3 Å². The fourth-order valence-electron chi connectivity index (χ4n) is 1.75. The Labute approximate surface area is 108 Å². The summed E-state index contributed by atoms with van der Waals surface area (Å²) in [6.45, 7) is 7.89. The van der Waals surface area contributed by atoms with E-state index < -0.39 is 5.97 Å². The number of hydrogen-bond acceptors (Lipinski definition) is 4. The van der Waals surface area contributed by atoms with E-state index in [1.807, 2.05) is 20.8 Å². The summed E-state index contributed by atoms with van der Waals surface area (Å²) in [6, 6.07) is -0.0111. The molecule has 2 unspecified atom stereocenters. The van der Waals surface area contributed by atoms with Crippen LogP contribution in [0.1, 0.15) is 40.5 Å². The monoisotopic (exact) mass is 255 g/mol. The molecular formula is C13H21NO4. The molecule has 5 heteroatoms. The zero-order chi connectivity index (χ0) is 14.1. The zero-order valence-electron chi connectivity index (χ0n) is 11.3. The molecule has 0 amide bonds. The van der Waals surface area contributed by atoms with Crippen LogP contribution in [0.25, 0.3) is 0 Å². The van der Waals surface area contributed by atoms with Gasteiger partial charge in [-0.25, -0.2) is 4.79 Å². The average Bonchev–Trinajstić information content (AvgIpc) is 2.34. The Morgan fingerprint density at radius 1 is 1.56 bits per heavy atom. The summed E-state index contributed by atoms with van der Waals surface area (Å²) in [6.07, 6.45) is 2.75. The highest BCUT2D eigenvalue weighted by atomic mass is 16.5. The zero-order valence-corrected chi connectivity index (χ0v) is 11.3. The van der Waals surface area contributed by atoms with Gasteiger partial charge in [-0.3, -0.25) is 9.79 Å². The van der Waals surface area contributed by atoms with Gasteiger partial charge < -0.3 is 9.84 Å². The number of aliphatic imine (C=N–C) groups is 1. The molecule has 18 heavy (non-hydrogen) atoms. The van der Waals surface area contributed by atoms with Crippen LogP contribution in [0.4, 0.5) is 0 Å². The predicted molar refractivity (Wildman–Crippen MR) is 69.5 cm³/mol. The van der Waals surface area contributed by atoms with Crippen molar-refractivity contribution in [1.29, 1.82) is 0 Å². The molecule has 0 saturated carbocycles. The van der Waals surface area contributed by atoms with Crippen molar-refractivity contribution in [3.05, 3.63) is 11.6 Å². The smallest absolute Gasteiger partial charge is 0.331 e. The summed E-state index contributed by atoms with van der Waals surface area (Å²) in [5.74, 6) is -0.407. The van der Waals surface area contributed by atoms with E-state index in [0.717, 1.165) is 0 Å². The van der Waals surface area contributed by atoms with Crippen molar-refractivity contribution in [2.45, 2.75) is 46.6 Å². The van der Waals surface area contributed by atoms with Crippen molar-refractivity contribution in [3.63, 3.8) is 0 Å². The number of carboxylic acids is 1. The van der Waals surface area contributed by atoms with Crippen LogP contribution in [0.3, 0.4) is 0 Å². The quantitative estimate of drug-likeness (QED) is 0.477. The fourth-order valence-corrected chi connectivity index (χ4v) is 1.75. The van der Waals surface area contributed by atoms with Crippen LogP contribution in [0, 0.1) is 5.92 Å². The van der Waals surface area contributed by atoms with Crippen LogP contribution in [-0.4, -0.2) is 29.5 Å². The lowest BCUT2D eigenvalue weighted by Crippen LogP contribution is -2.23. The van der Waals surface area contributed by atoms with Gasteiger partial charge in [0.1, 0.15) is 0 Å². The third kappa shape index (κ3) is 5.12. The Bertz CT molecular complexity index is 347. The molecule has 5 nitrogen and oxygen atoms in total. The van der Waals surface area contributed by atoms with Crippen molar-refractivity contribution in [2.24, 2.45) is 10.9 Å². The van der Waals surface area contributed by atoms with Crippen molar-refractivity contribution in [2.75, 3.05) is 0 Å². The molecule has 102 valence electrons. The van der Waals surface area contributed by atoms with E-state index in [1.165, 1.54) is 0 Å². The average molecular weight is 255 g/mol. The molecule has 0 bridgehead atoms. The van der Waals surface area contributed by atoms with E-state index in [2.05, 4.69) is 9.73 Å². The lowest BCUT2D eigenvalue weighted by atomic mass is 9.86. The molecule has 0 radical (unpaired) electrons. The first-order valence-electron chi connectivity index (χ1n) is 6.11. The molecule has 0 aromatic rings. The number of carbonyl (C=O) groups excluding carboxylic acids is 1. The number of carbonyl (C=O) groups is 2. The van der Waals surface area contributed by atoms with Gasteiger partial charge in [-0.05, 0) is 18.8 Å². The van der Waals surface area contributed by atoms with E-state index in [-0.39, 0.29) is 12.0 Å². The first-order valence-corrected chi connectivity index (χ1v) is 6.11. The highest BCUT2D eigenvalue weighted by Crippen LogP contribution is 2.26. The maximum Gasteiger partial charge on any atom is 0.331 e. The fraction of sp³-hybridized carbons (Fsp3) is 0.615. The second-order valence-electron chi connectivity index (χ2n) is 3.88. The third-order valence-corrected chi connectivity index (χ3v) is 2.65. The summed E-state index contributed by atoms with van der Waals surface area (Å²) >= 11 is 0. The Hall–Kier alpha value is -1.65. The maximum absolute atomic E-state index is 10.8. The van der Waals surface area contributed by atoms with Gasteiger partial charge in [0.15, 0.2) is 5.90 Å². The summed E-state index contributed by atoms with van der Waals surface area (Å²) in [7, 11) is 0. The molecule has 0 aliphatic heterocycles. The second-order valence-corrected chi connectivity index (χ2v) is 3.88. The van der Waals surface area contributed by atoms with Gasteiger partial charge in [-0.2, -0.15) is 0 Å². The summed E-state index contributed by atoms with van der Waals surface area (Å²) in [4.78, 5) is 25.1. The molecule has 1 aliphatic rings. The SMILES string of the molecule is CC.CC(=NC1CC=C(C(=O)O)CC1C)OC=O. The summed E-state index contributed by atoms with van der Waals surface area (Å²) < 4.78 is 4.60. The second kappa shape index (κ2) is 8.44. The number of rotatable bonds is 3. The number of nitrogens with zero attached hydrogens (tertiary/aromatic N) is 1. The molecule has 0 aromatic heterocycles. The molecule has 0 aromatic carbocycles. The number of carboxylic acid groups (broad SMARTS) is 1. The van der Waals surface area contributed by atoms with Crippen molar-refractivity contribution in [3.8, 4) is 0 Å². The molecule has 0 spiro atoms. The maximum atomic E-state index is 10.8. The third-order valence-electron chi connectivity index (χ3n) is 2.65. The number of ether oxygens (including phenoxy) is 1. The number of hydrogen-bond donors (Lipinski definition) is 1. The van der Waals surface area contributed by atoms with E-state index in [1.54, 1.807) is 13.0 Å². The standard InChI is InChI=1S/C11H15NO4.C2H6/c1-7-5-9(11(14)15)3-4-10(7)12-8(2)16-6-13;1-2/h3,6-7,10H,4-5H2,1-2H3,(H,14,15);1-2H3. The van der Waals surface area contributed by atoms with Gasteiger partial charge in [0.25, 0.3) is 6.47 Å². The summed E-state index contributed by atoms with van der Waals surface area (Å²) in [5, 5.41) is 8.83. The van der Waals surface area contributed by atoms with Crippen LogP contribution in [0.2, 0.25) is 0 Å². The van der Waals surface area contributed by atoms with E-state index in [0.29, 0.717) is 30.8 Å². The van der Waals surface area contributed by atoms with Gasteiger partial charge in [-0.15, -0.1) is 0 Å². The normalized spacial score (nSPS) is 23.3. The van der Waals surface area contributed by atoms with Crippen molar-refractivity contribution < 1.29 is 19.4 Å².